The molecule has 2 aliphatic heterocycles. The summed E-state index contributed by atoms with van der Waals surface area (Å²) in [5.74, 6) is 0.615. The molecular formula is C13H24N2O2. The van der Waals surface area contributed by atoms with E-state index in [2.05, 4.69) is 12.2 Å². The Bertz CT molecular complexity index is 252. The first-order valence-corrected chi connectivity index (χ1v) is 6.91. The van der Waals surface area contributed by atoms with Crippen LogP contribution in [0.25, 0.3) is 0 Å². The van der Waals surface area contributed by atoms with E-state index in [1.807, 2.05) is 4.90 Å². The molecule has 1 amide bonds. The second-order valence-corrected chi connectivity index (χ2v) is 5.42. The van der Waals surface area contributed by atoms with Crippen molar-refractivity contribution in [3.63, 3.8) is 0 Å². The molecule has 2 atom stereocenters. The van der Waals surface area contributed by atoms with Gasteiger partial charge in [-0.05, 0) is 38.1 Å². The maximum absolute atomic E-state index is 11.9. The Morgan fingerprint density at radius 1 is 1.35 bits per heavy atom. The molecule has 4 heteroatoms. The van der Waals surface area contributed by atoms with Gasteiger partial charge < -0.3 is 15.0 Å². The lowest BCUT2D eigenvalue weighted by Crippen LogP contribution is -2.43. The number of nitrogens with one attached hydrogen (secondary N) is 1. The highest BCUT2D eigenvalue weighted by atomic mass is 16.6. The third-order valence-electron chi connectivity index (χ3n) is 3.74. The Hall–Kier alpha value is -0.770. The lowest BCUT2D eigenvalue weighted by Gasteiger charge is -2.31. The zero-order valence-electron chi connectivity index (χ0n) is 10.8. The van der Waals surface area contributed by atoms with Crippen molar-refractivity contribution < 1.29 is 9.53 Å². The van der Waals surface area contributed by atoms with Gasteiger partial charge in [0.05, 0.1) is 0 Å². The van der Waals surface area contributed by atoms with Crippen LogP contribution in [-0.4, -0.2) is 43.3 Å². The van der Waals surface area contributed by atoms with E-state index >= 15 is 0 Å². The van der Waals surface area contributed by atoms with E-state index in [-0.39, 0.29) is 6.09 Å². The standard InChI is InChI=1S/C13H24N2O2/c1-11-5-4-8-15(9-11)13(16)17-10-12-6-2-3-7-14-12/h11-12,14H,2-10H2,1H3/t11-,12-/m0/s1. The van der Waals surface area contributed by atoms with Gasteiger partial charge >= 0.3 is 6.09 Å². The van der Waals surface area contributed by atoms with Crippen LogP contribution in [0.2, 0.25) is 0 Å². The van der Waals surface area contributed by atoms with Crippen LogP contribution in [0, 0.1) is 5.92 Å². The summed E-state index contributed by atoms with van der Waals surface area (Å²) in [5, 5.41) is 3.39. The molecule has 4 nitrogen and oxygen atoms in total. The fourth-order valence-electron chi connectivity index (χ4n) is 2.68. The van der Waals surface area contributed by atoms with E-state index in [4.69, 9.17) is 4.74 Å². The predicted molar refractivity (Wildman–Crippen MR) is 67.0 cm³/mol. The number of likely N-dealkylation sites (tertiary alicyclic amines) is 1. The molecule has 2 fully saturated rings. The predicted octanol–water partition coefficient (Wildman–Crippen LogP) is 2.00. The number of nitrogens with zero attached hydrogens (tertiary/aromatic N) is 1. The van der Waals surface area contributed by atoms with E-state index in [9.17, 15) is 4.79 Å². The van der Waals surface area contributed by atoms with Crippen molar-refractivity contribution in [2.75, 3.05) is 26.2 Å². The van der Waals surface area contributed by atoms with Crippen LogP contribution < -0.4 is 5.32 Å². The van der Waals surface area contributed by atoms with Gasteiger partial charge in [0.25, 0.3) is 0 Å². The number of carbonyl (C=O) groups excluding carboxylic acids is 1. The molecule has 0 spiro atoms. The van der Waals surface area contributed by atoms with Gasteiger partial charge in [-0.1, -0.05) is 13.3 Å². The highest BCUT2D eigenvalue weighted by Crippen LogP contribution is 2.16. The maximum Gasteiger partial charge on any atom is 0.409 e. The number of carbonyl (C=O) groups is 1. The monoisotopic (exact) mass is 240 g/mol. The van der Waals surface area contributed by atoms with Gasteiger partial charge in [0, 0.05) is 19.1 Å². The normalized spacial score (nSPS) is 30.1. The van der Waals surface area contributed by atoms with Gasteiger partial charge in [0.15, 0.2) is 0 Å². The average molecular weight is 240 g/mol. The Morgan fingerprint density at radius 3 is 2.94 bits per heavy atom. The molecule has 2 rings (SSSR count). The number of ether oxygens (including phenoxy) is 1. The number of hydrogen-bond acceptors (Lipinski definition) is 3. The summed E-state index contributed by atoms with van der Waals surface area (Å²) in [7, 11) is 0. The molecule has 0 saturated carbocycles. The van der Waals surface area contributed by atoms with Crippen LogP contribution in [-0.2, 0) is 4.74 Å². The lowest BCUT2D eigenvalue weighted by molar-refractivity contribution is 0.0757. The first-order valence-electron chi connectivity index (χ1n) is 6.91. The van der Waals surface area contributed by atoms with Gasteiger partial charge in [-0.25, -0.2) is 4.79 Å². The second kappa shape index (κ2) is 6.24. The fraction of sp³-hybridized carbons (Fsp3) is 0.923. The van der Waals surface area contributed by atoms with E-state index in [1.165, 1.54) is 19.3 Å². The number of rotatable bonds is 2. The summed E-state index contributed by atoms with van der Waals surface area (Å²) in [6.45, 7) is 5.51. The molecule has 0 aromatic rings. The highest BCUT2D eigenvalue weighted by molar-refractivity contribution is 5.67. The molecule has 98 valence electrons. The number of hydrogen-bond donors (Lipinski definition) is 1. The number of piperidine rings is 2. The Kier molecular flexibility index (Phi) is 4.66. The van der Waals surface area contributed by atoms with E-state index < -0.39 is 0 Å². The summed E-state index contributed by atoms with van der Waals surface area (Å²) < 4.78 is 5.39. The molecule has 1 N–H and O–H groups in total. The van der Waals surface area contributed by atoms with Crippen molar-refractivity contribution in [1.29, 1.82) is 0 Å². The Morgan fingerprint density at radius 2 is 2.24 bits per heavy atom. The summed E-state index contributed by atoms with van der Waals surface area (Å²) in [5.41, 5.74) is 0. The molecule has 0 aromatic heterocycles. The molecule has 2 saturated heterocycles. The van der Waals surface area contributed by atoms with Crippen LogP contribution in [0.3, 0.4) is 0 Å². The molecule has 17 heavy (non-hydrogen) atoms. The molecule has 0 radical (unpaired) electrons. The summed E-state index contributed by atoms with van der Waals surface area (Å²) in [6, 6.07) is 0.370. The molecule has 2 aliphatic rings. The molecule has 0 unspecified atom stereocenters. The summed E-state index contributed by atoms with van der Waals surface area (Å²) in [4.78, 5) is 13.7. The topological polar surface area (TPSA) is 41.6 Å². The van der Waals surface area contributed by atoms with Crippen LogP contribution in [0.4, 0.5) is 4.79 Å². The van der Waals surface area contributed by atoms with Gasteiger partial charge in [0.1, 0.15) is 6.61 Å². The largest absolute Gasteiger partial charge is 0.448 e. The van der Waals surface area contributed by atoms with Crippen LogP contribution in [0.1, 0.15) is 39.0 Å². The third-order valence-corrected chi connectivity index (χ3v) is 3.74. The smallest absolute Gasteiger partial charge is 0.409 e. The molecule has 0 aliphatic carbocycles. The van der Waals surface area contributed by atoms with Crippen molar-refractivity contribution in [1.82, 2.24) is 10.2 Å². The molecule has 0 bridgehead atoms. The van der Waals surface area contributed by atoms with Crippen LogP contribution >= 0.6 is 0 Å². The van der Waals surface area contributed by atoms with Crippen molar-refractivity contribution in [2.24, 2.45) is 5.92 Å². The van der Waals surface area contributed by atoms with E-state index in [0.717, 1.165) is 32.5 Å². The minimum absolute atomic E-state index is 0.121. The maximum atomic E-state index is 11.9. The Balaban J connectivity index is 1.69. The zero-order valence-corrected chi connectivity index (χ0v) is 10.8. The quantitative estimate of drug-likeness (QED) is 0.802. The van der Waals surface area contributed by atoms with Crippen LogP contribution in [0.15, 0.2) is 0 Å². The van der Waals surface area contributed by atoms with Crippen LogP contribution in [0.5, 0.6) is 0 Å². The van der Waals surface area contributed by atoms with Crippen molar-refractivity contribution in [3.05, 3.63) is 0 Å². The third kappa shape index (κ3) is 3.87. The molecule has 2 heterocycles. The fourth-order valence-corrected chi connectivity index (χ4v) is 2.68. The zero-order chi connectivity index (χ0) is 12.1. The van der Waals surface area contributed by atoms with Crippen molar-refractivity contribution in [2.45, 2.75) is 45.1 Å². The molecular weight excluding hydrogens is 216 g/mol. The average Bonchev–Trinajstić information content (AvgIpc) is 2.37. The van der Waals surface area contributed by atoms with Gasteiger partial charge in [-0.3, -0.25) is 0 Å². The van der Waals surface area contributed by atoms with Crippen molar-refractivity contribution in [3.8, 4) is 0 Å². The Labute approximate surface area is 104 Å². The van der Waals surface area contributed by atoms with E-state index in [1.54, 1.807) is 0 Å². The molecule has 0 aromatic carbocycles. The summed E-state index contributed by atoms with van der Waals surface area (Å²) in [6.07, 6.45) is 5.84. The van der Waals surface area contributed by atoms with Gasteiger partial charge in [-0.2, -0.15) is 0 Å². The second-order valence-electron chi connectivity index (χ2n) is 5.42. The van der Waals surface area contributed by atoms with Gasteiger partial charge in [0.2, 0.25) is 0 Å². The minimum Gasteiger partial charge on any atom is -0.448 e. The van der Waals surface area contributed by atoms with E-state index in [0.29, 0.717) is 18.6 Å². The van der Waals surface area contributed by atoms with Crippen molar-refractivity contribution >= 4 is 6.09 Å². The lowest BCUT2D eigenvalue weighted by atomic mass is 10.0. The number of amides is 1. The first-order chi connectivity index (χ1) is 8.25. The van der Waals surface area contributed by atoms with Gasteiger partial charge in [-0.15, -0.1) is 0 Å². The first kappa shape index (κ1) is 12.7. The summed E-state index contributed by atoms with van der Waals surface area (Å²) >= 11 is 0. The minimum atomic E-state index is -0.121. The highest BCUT2D eigenvalue weighted by Gasteiger charge is 2.23. The SMILES string of the molecule is C[C@H]1CCCN(C(=O)OC[C@@H]2CCCCN2)C1.